The van der Waals surface area contributed by atoms with Gasteiger partial charge in [0, 0.05) is 24.7 Å². The SMILES string of the molecule is CC1=C(CN2CC(C(=O)O)C2)CCc2cc(OCCCc3ccc(F)cc3Cl)ccc21.Cl. The Morgan fingerprint density at radius 1 is 1.22 bits per heavy atom. The highest BCUT2D eigenvalue weighted by atomic mass is 35.5. The van der Waals surface area contributed by atoms with Crippen LogP contribution in [-0.2, 0) is 17.6 Å². The molecule has 1 aliphatic heterocycles. The number of allylic oxidation sites excluding steroid dienone is 1. The highest BCUT2D eigenvalue weighted by molar-refractivity contribution is 6.31. The fourth-order valence-corrected chi connectivity index (χ4v) is 4.66. The van der Waals surface area contributed by atoms with E-state index in [1.807, 2.05) is 6.07 Å². The topological polar surface area (TPSA) is 49.8 Å². The lowest BCUT2D eigenvalue weighted by Crippen LogP contribution is -2.50. The van der Waals surface area contributed by atoms with Crippen molar-refractivity contribution in [3.8, 4) is 5.75 Å². The molecule has 0 radical (unpaired) electrons. The molecule has 1 fully saturated rings. The van der Waals surface area contributed by atoms with E-state index >= 15 is 0 Å². The number of hydrogen-bond acceptors (Lipinski definition) is 3. The zero-order valence-corrected chi connectivity index (χ0v) is 19.6. The Labute approximate surface area is 199 Å². The number of aliphatic carboxylic acids is 1. The summed E-state index contributed by atoms with van der Waals surface area (Å²) < 4.78 is 19.1. The first kappa shape index (κ1) is 24.6. The largest absolute Gasteiger partial charge is 0.494 e. The Kier molecular flexibility index (Phi) is 8.21. The van der Waals surface area contributed by atoms with Crippen molar-refractivity contribution < 1.29 is 19.0 Å². The normalized spacial score (nSPS) is 16.2. The highest BCUT2D eigenvalue weighted by Gasteiger charge is 2.33. The summed E-state index contributed by atoms with van der Waals surface area (Å²) >= 11 is 6.08. The molecule has 172 valence electrons. The van der Waals surface area contributed by atoms with E-state index in [0.29, 0.717) is 24.7 Å². The summed E-state index contributed by atoms with van der Waals surface area (Å²) in [6.45, 7) is 4.89. The molecule has 0 bridgehead atoms. The van der Waals surface area contributed by atoms with Crippen LogP contribution in [0.2, 0.25) is 5.02 Å². The van der Waals surface area contributed by atoms with E-state index in [1.165, 1.54) is 34.4 Å². The summed E-state index contributed by atoms with van der Waals surface area (Å²) in [4.78, 5) is 13.2. The summed E-state index contributed by atoms with van der Waals surface area (Å²) in [5, 5.41) is 9.51. The highest BCUT2D eigenvalue weighted by Crippen LogP contribution is 2.34. The Bertz CT molecular complexity index is 1020. The summed E-state index contributed by atoms with van der Waals surface area (Å²) in [6.07, 6.45) is 3.52. The van der Waals surface area contributed by atoms with Gasteiger partial charge in [-0.25, -0.2) is 4.39 Å². The number of fused-ring (bicyclic) bond motifs is 1. The molecule has 1 heterocycles. The average molecular weight is 480 g/mol. The third kappa shape index (κ3) is 5.64. The van der Waals surface area contributed by atoms with E-state index in [-0.39, 0.29) is 24.1 Å². The predicted molar refractivity (Wildman–Crippen MR) is 127 cm³/mol. The van der Waals surface area contributed by atoms with Gasteiger partial charge >= 0.3 is 5.97 Å². The molecule has 7 heteroatoms. The van der Waals surface area contributed by atoms with Crippen LogP contribution in [0.15, 0.2) is 42.0 Å². The smallest absolute Gasteiger partial charge is 0.309 e. The van der Waals surface area contributed by atoms with Crippen LogP contribution in [0.5, 0.6) is 5.75 Å². The molecule has 2 aliphatic rings. The van der Waals surface area contributed by atoms with Crippen molar-refractivity contribution in [2.45, 2.75) is 32.6 Å². The van der Waals surface area contributed by atoms with E-state index < -0.39 is 5.97 Å². The molecule has 0 aromatic heterocycles. The zero-order chi connectivity index (χ0) is 22.0. The molecule has 32 heavy (non-hydrogen) atoms. The van der Waals surface area contributed by atoms with Gasteiger partial charge in [0.2, 0.25) is 0 Å². The van der Waals surface area contributed by atoms with Gasteiger partial charge in [-0.05, 0) is 79.1 Å². The van der Waals surface area contributed by atoms with E-state index in [4.69, 9.17) is 21.4 Å². The van der Waals surface area contributed by atoms with Crippen molar-refractivity contribution in [2.75, 3.05) is 26.2 Å². The molecule has 1 aliphatic carbocycles. The molecule has 4 nitrogen and oxygen atoms in total. The Morgan fingerprint density at radius 2 is 2.00 bits per heavy atom. The molecule has 2 aromatic carbocycles. The number of hydrogen-bond donors (Lipinski definition) is 1. The predicted octanol–water partition coefficient (Wildman–Crippen LogP) is 5.65. The zero-order valence-electron chi connectivity index (χ0n) is 18.1. The summed E-state index contributed by atoms with van der Waals surface area (Å²) in [5.74, 6) is -0.354. The van der Waals surface area contributed by atoms with Gasteiger partial charge in [-0.3, -0.25) is 9.69 Å². The lowest BCUT2D eigenvalue weighted by molar-refractivity contribution is -0.147. The van der Waals surface area contributed by atoms with Crippen molar-refractivity contribution in [1.29, 1.82) is 0 Å². The number of likely N-dealkylation sites (tertiary alicyclic amines) is 1. The Hall–Kier alpha value is -2.08. The van der Waals surface area contributed by atoms with Crippen LogP contribution in [0.1, 0.15) is 36.5 Å². The number of rotatable bonds is 8. The number of carbonyl (C=O) groups is 1. The number of benzene rings is 2. The van der Waals surface area contributed by atoms with Gasteiger partial charge < -0.3 is 9.84 Å². The number of ether oxygens (including phenoxy) is 1. The van der Waals surface area contributed by atoms with Crippen molar-refractivity contribution in [3.05, 3.63) is 69.5 Å². The third-order valence-corrected chi connectivity index (χ3v) is 6.65. The van der Waals surface area contributed by atoms with Crippen molar-refractivity contribution in [2.24, 2.45) is 5.92 Å². The van der Waals surface area contributed by atoms with Gasteiger partial charge in [0.15, 0.2) is 0 Å². The van der Waals surface area contributed by atoms with Crippen LogP contribution in [-0.4, -0.2) is 42.2 Å². The minimum atomic E-state index is -0.691. The fourth-order valence-electron chi connectivity index (χ4n) is 4.40. The summed E-state index contributed by atoms with van der Waals surface area (Å²) in [7, 11) is 0. The summed E-state index contributed by atoms with van der Waals surface area (Å²) in [6, 6.07) is 10.8. The molecular weight excluding hydrogens is 452 g/mol. The number of aryl methyl sites for hydroxylation is 2. The maximum atomic E-state index is 13.1. The Morgan fingerprint density at radius 3 is 2.72 bits per heavy atom. The summed E-state index contributed by atoms with van der Waals surface area (Å²) in [5.41, 5.74) is 6.20. The quantitative estimate of drug-likeness (QED) is 0.497. The van der Waals surface area contributed by atoms with Crippen LogP contribution in [0.25, 0.3) is 5.57 Å². The third-order valence-electron chi connectivity index (χ3n) is 6.30. The van der Waals surface area contributed by atoms with Crippen molar-refractivity contribution in [3.63, 3.8) is 0 Å². The van der Waals surface area contributed by atoms with Gasteiger partial charge in [-0.1, -0.05) is 29.3 Å². The lowest BCUT2D eigenvalue weighted by atomic mass is 9.85. The monoisotopic (exact) mass is 479 g/mol. The van der Waals surface area contributed by atoms with Gasteiger partial charge in [0.25, 0.3) is 0 Å². The standard InChI is InChI=1S/C25H27ClFNO3.ClH/c1-16-19(13-28-14-20(15-28)25(29)30)5-4-18-11-22(8-9-23(16)18)31-10-2-3-17-6-7-21(27)12-24(17)26;/h6-9,11-12,20H,2-5,10,13-15H2,1H3,(H,29,30);1H. The van der Waals surface area contributed by atoms with Gasteiger partial charge in [0.1, 0.15) is 11.6 Å². The van der Waals surface area contributed by atoms with E-state index in [0.717, 1.165) is 43.5 Å². The van der Waals surface area contributed by atoms with Crippen molar-refractivity contribution >= 4 is 35.6 Å². The maximum absolute atomic E-state index is 13.1. The van der Waals surface area contributed by atoms with Crippen LogP contribution in [0.3, 0.4) is 0 Å². The molecular formula is C25H28Cl2FNO3. The van der Waals surface area contributed by atoms with Gasteiger partial charge in [-0.2, -0.15) is 0 Å². The minimum Gasteiger partial charge on any atom is -0.494 e. The molecule has 0 atom stereocenters. The van der Waals surface area contributed by atoms with Crippen LogP contribution >= 0.6 is 24.0 Å². The van der Waals surface area contributed by atoms with Gasteiger partial charge in [0.05, 0.1) is 12.5 Å². The maximum Gasteiger partial charge on any atom is 0.309 e. The number of carboxylic acids is 1. The second-order valence-corrected chi connectivity index (χ2v) is 8.87. The van der Waals surface area contributed by atoms with E-state index in [9.17, 15) is 9.18 Å². The number of nitrogens with zero attached hydrogens (tertiary/aromatic N) is 1. The molecule has 0 spiro atoms. The average Bonchev–Trinajstić information content (AvgIpc) is 2.70. The molecule has 1 N–H and O–H groups in total. The minimum absolute atomic E-state index is 0. The fraction of sp³-hybridized carbons (Fsp3) is 0.400. The number of halogens is 3. The van der Waals surface area contributed by atoms with E-state index in [2.05, 4.69) is 24.0 Å². The molecule has 4 rings (SSSR count). The van der Waals surface area contributed by atoms with Gasteiger partial charge in [-0.15, -0.1) is 12.4 Å². The molecule has 1 saturated heterocycles. The van der Waals surface area contributed by atoms with Crippen LogP contribution in [0.4, 0.5) is 4.39 Å². The first-order chi connectivity index (χ1) is 14.9. The van der Waals surface area contributed by atoms with Crippen molar-refractivity contribution in [1.82, 2.24) is 4.90 Å². The first-order valence-electron chi connectivity index (χ1n) is 10.7. The molecule has 0 unspecified atom stereocenters. The van der Waals surface area contributed by atoms with Crippen LogP contribution in [0, 0.1) is 11.7 Å². The van der Waals surface area contributed by atoms with E-state index in [1.54, 1.807) is 6.07 Å². The first-order valence-corrected chi connectivity index (χ1v) is 11.1. The molecule has 2 aromatic rings. The number of carboxylic acid groups (broad SMARTS) is 1. The van der Waals surface area contributed by atoms with Crippen LogP contribution < -0.4 is 4.74 Å². The lowest BCUT2D eigenvalue weighted by Gasteiger charge is -2.38. The Balaban J connectivity index is 0.00000289. The molecule has 0 amide bonds. The molecule has 0 saturated carbocycles. The second-order valence-electron chi connectivity index (χ2n) is 8.46. The second kappa shape index (κ2) is 10.7.